The molecule has 3 aliphatic heterocycles. The number of epoxide rings is 2. The molecule has 3 rings (SSSR count). The van der Waals surface area contributed by atoms with Crippen molar-refractivity contribution in [3.8, 4) is 0 Å². The molecule has 10 heteroatoms. The number of imide groups is 1. The zero-order chi connectivity index (χ0) is 18.2. The lowest BCUT2D eigenvalue weighted by Gasteiger charge is -2.33. The number of urea groups is 1. The molecule has 0 N–H and O–H groups in total. The first-order valence-corrected chi connectivity index (χ1v) is 10.3. The lowest BCUT2D eigenvalue weighted by Crippen LogP contribution is -2.51. The van der Waals surface area contributed by atoms with E-state index in [1.807, 2.05) is 0 Å². The molecule has 3 heterocycles. The van der Waals surface area contributed by atoms with Gasteiger partial charge in [0.25, 0.3) is 5.91 Å². The molecule has 0 bridgehead atoms. The summed E-state index contributed by atoms with van der Waals surface area (Å²) in [7, 11) is -3.52. The highest BCUT2D eigenvalue weighted by Crippen LogP contribution is 2.53. The minimum Gasteiger partial charge on any atom is -0.371 e. The third-order valence-corrected chi connectivity index (χ3v) is 6.80. The standard InChI is InChI=1S/C15H25N2O7P/c1-4-23-25(20,24-5-2)10-15(3)13(18)16(6-11-8-21-11)14(19)17(15)7-12-9-22-12/h11-12H,4-10H2,1-3H3. The van der Waals surface area contributed by atoms with Gasteiger partial charge in [-0.05, 0) is 20.8 Å². The summed E-state index contributed by atoms with van der Waals surface area (Å²) in [6.45, 7) is 7.01. The van der Waals surface area contributed by atoms with Crippen LogP contribution in [0.2, 0.25) is 0 Å². The number of hydrogen-bond acceptors (Lipinski definition) is 7. The number of nitrogens with zero attached hydrogens (tertiary/aromatic N) is 2. The number of rotatable bonds is 10. The molecule has 0 aliphatic carbocycles. The minimum absolute atomic E-state index is 0.0910. The largest absolute Gasteiger partial charge is 0.371 e. The van der Waals surface area contributed by atoms with Gasteiger partial charge in [-0.2, -0.15) is 0 Å². The van der Waals surface area contributed by atoms with Crippen LogP contribution in [0, 0.1) is 0 Å². The Bertz CT molecular complexity index is 582. The number of hydrogen-bond donors (Lipinski definition) is 0. The van der Waals surface area contributed by atoms with Crippen molar-refractivity contribution in [3.63, 3.8) is 0 Å². The molecule has 0 radical (unpaired) electrons. The van der Waals surface area contributed by atoms with Gasteiger partial charge in [0.15, 0.2) is 0 Å². The van der Waals surface area contributed by atoms with E-state index >= 15 is 0 Å². The number of carbonyl (C=O) groups excluding carboxylic acids is 2. The van der Waals surface area contributed by atoms with Crippen LogP contribution in [0.15, 0.2) is 0 Å². The Morgan fingerprint density at radius 2 is 1.64 bits per heavy atom. The molecule has 3 saturated heterocycles. The summed E-state index contributed by atoms with van der Waals surface area (Å²) in [5.74, 6) is -0.395. The average molecular weight is 376 g/mol. The topological polar surface area (TPSA) is 101 Å². The first-order chi connectivity index (χ1) is 11.8. The molecule has 3 aliphatic rings. The monoisotopic (exact) mass is 376 g/mol. The molecular weight excluding hydrogens is 351 g/mol. The van der Waals surface area contributed by atoms with E-state index in [4.69, 9.17) is 18.5 Å². The highest BCUT2D eigenvalue weighted by molar-refractivity contribution is 7.54. The van der Waals surface area contributed by atoms with Gasteiger partial charge in [-0.1, -0.05) is 0 Å². The predicted molar refractivity (Wildman–Crippen MR) is 87.4 cm³/mol. The van der Waals surface area contributed by atoms with E-state index in [2.05, 4.69) is 0 Å². The van der Waals surface area contributed by atoms with E-state index in [0.29, 0.717) is 13.2 Å². The second kappa shape index (κ2) is 6.96. The molecule has 0 aromatic carbocycles. The summed E-state index contributed by atoms with van der Waals surface area (Å²) in [5.41, 5.74) is -1.29. The fraction of sp³-hybridized carbons (Fsp3) is 0.867. The highest BCUT2D eigenvalue weighted by Gasteiger charge is 2.59. The van der Waals surface area contributed by atoms with Crippen LogP contribution in [0.5, 0.6) is 0 Å². The molecule has 9 nitrogen and oxygen atoms in total. The maximum Gasteiger partial charge on any atom is 0.333 e. The SMILES string of the molecule is CCOP(=O)(CC1(C)C(=O)N(CC2CO2)C(=O)N1CC1CO1)OCC. The summed E-state index contributed by atoms with van der Waals surface area (Å²) in [6.07, 6.45) is -0.382. The first kappa shape index (κ1) is 18.8. The number of ether oxygens (including phenoxy) is 2. The van der Waals surface area contributed by atoms with Gasteiger partial charge in [0.1, 0.15) is 5.54 Å². The molecule has 0 saturated carbocycles. The van der Waals surface area contributed by atoms with Crippen LogP contribution < -0.4 is 0 Å². The molecular formula is C15H25N2O7P. The van der Waals surface area contributed by atoms with E-state index in [0.717, 1.165) is 0 Å². The van der Waals surface area contributed by atoms with Gasteiger partial charge in [-0.25, -0.2) is 4.79 Å². The minimum atomic E-state index is -3.52. The van der Waals surface area contributed by atoms with E-state index < -0.39 is 25.1 Å². The third kappa shape index (κ3) is 3.90. The predicted octanol–water partition coefficient (Wildman–Crippen LogP) is 1.07. The summed E-state index contributed by atoms with van der Waals surface area (Å²) < 4.78 is 34.1. The smallest absolute Gasteiger partial charge is 0.333 e. The molecule has 3 fully saturated rings. The second-order valence-corrected chi connectivity index (χ2v) is 8.65. The van der Waals surface area contributed by atoms with Gasteiger partial charge in [-0.3, -0.25) is 14.3 Å². The molecule has 3 unspecified atom stereocenters. The van der Waals surface area contributed by atoms with Crippen LogP contribution >= 0.6 is 7.60 Å². The summed E-state index contributed by atoms with van der Waals surface area (Å²) in [6, 6.07) is -0.405. The van der Waals surface area contributed by atoms with Crippen LogP contribution in [0.1, 0.15) is 20.8 Å². The van der Waals surface area contributed by atoms with Crippen molar-refractivity contribution in [2.45, 2.75) is 38.5 Å². The molecule has 0 aromatic rings. The van der Waals surface area contributed by atoms with E-state index in [9.17, 15) is 14.2 Å². The summed E-state index contributed by atoms with van der Waals surface area (Å²) in [5, 5.41) is 0. The number of amides is 3. The lowest BCUT2D eigenvalue weighted by molar-refractivity contribution is -0.132. The second-order valence-electron chi connectivity index (χ2n) is 6.60. The van der Waals surface area contributed by atoms with Gasteiger partial charge in [-0.15, -0.1) is 0 Å². The van der Waals surface area contributed by atoms with Crippen molar-refractivity contribution < 1.29 is 32.7 Å². The van der Waals surface area contributed by atoms with Crippen LogP contribution in [-0.2, 0) is 27.9 Å². The van der Waals surface area contributed by atoms with Crippen LogP contribution in [0.3, 0.4) is 0 Å². The molecule has 25 heavy (non-hydrogen) atoms. The van der Waals surface area contributed by atoms with Crippen molar-refractivity contribution in [1.29, 1.82) is 0 Å². The van der Waals surface area contributed by atoms with Gasteiger partial charge in [0, 0.05) is 0 Å². The number of carbonyl (C=O) groups is 2. The zero-order valence-corrected chi connectivity index (χ0v) is 15.7. The Labute approximate surface area is 147 Å². The molecule has 0 aromatic heterocycles. The third-order valence-electron chi connectivity index (χ3n) is 4.49. The fourth-order valence-electron chi connectivity index (χ4n) is 3.10. The van der Waals surface area contributed by atoms with Gasteiger partial charge < -0.3 is 23.4 Å². The molecule has 3 atom stereocenters. The van der Waals surface area contributed by atoms with Crippen molar-refractivity contribution in [2.24, 2.45) is 0 Å². The van der Waals surface area contributed by atoms with Crippen LogP contribution in [-0.4, -0.2) is 85.2 Å². The van der Waals surface area contributed by atoms with Crippen LogP contribution in [0.4, 0.5) is 4.79 Å². The average Bonchev–Trinajstić information content (AvgIpc) is 3.43. The Hall–Kier alpha value is -0.990. The van der Waals surface area contributed by atoms with Gasteiger partial charge in [0.05, 0.1) is 57.9 Å². The maximum atomic E-state index is 13.0. The van der Waals surface area contributed by atoms with Gasteiger partial charge in [0.2, 0.25) is 0 Å². The Kier molecular flexibility index (Phi) is 5.23. The maximum absolute atomic E-state index is 13.0. The normalized spacial score (nSPS) is 31.8. The van der Waals surface area contributed by atoms with Crippen molar-refractivity contribution in [1.82, 2.24) is 9.80 Å². The summed E-state index contributed by atoms with van der Waals surface area (Å²) in [4.78, 5) is 28.5. The molecule has 142 valence electrons. The first-order valence-electron chi connectivity index (χ1n) is 8.58. The Balaban J connectivity index is 1.85. The van der Waals surface area contributed by atoms with Crippen molar-refractivity contribution >= 4 is 19.5 Å². The van der Waals surface area contributed by atoms with Crippen LogP contribution in [0.25, 0.3) is 0 Å². The molecule has 3 amide bonds. The lowest BCUT2D eigenvalue weighted by atomic mass is 10.0. The Morgan fingerprint density at radius 1 is 1.12 bits per heavy atom. The Morgan fingerprint density at radius 3 is 2.12 bits per heavy atom. The highest BCUT2D eigenvalue weighted by atomic mass is 31.2. The van der Waals surface area contributed by atoms with Crippen molar-refractivity contribution in [3.05, 3.63) is 0 Å². The molecule has 0 spiro atoms. The quantitative estimate of drug-likeness (QED) is 0.319. The van der Waals surface area contributed by atoms with E-state index in [1.165, 1.54) is 9.80 Å². The summed E-state index contributed by atoms with van der Waals surface area (Å²) >= 11 is 0. The van der Waals surface area contributed by atoms with E-state index in [1.54, 1.807) is 20.8 Å². The van der Waals surface area contributed by atoms with Crippen molar-refractivity contribution in [2.75, 3.05) is 45.7 Å². The van der Waals surface area contributed by atoms with Gasteiger partial charge >= 0.3 is 13.6 Å². The van der Waals surface area contributed by atoms with E-state index in [-0.39, 0.29) is 44.7 Å². The zero-order valence-electron chi connectivity index (χ0n) is 14.8. The fourth-order valence-corrected chi connectivity index (χ4v) is 5.20.